The first-order valence-corrected chi connectivity index (χ1v) is 6.59. The van der Waals surface area contributed by atoms with E-state index in [1.165, 1.54) is 0 Å². The van der Waals surface area contributed by atoms with Gasteiger partial charge in [-0.2, -0.15) is 0 Å². The summed E-state index contributed by atoms with van der Waals surface area (Å²) in [5.41, 5.74) is 1.55. The van der Waals surface area contributed by atoms with Gasteiger partial charge in [-0.1, -0.05) is 30.3 Å². The lowest BCUT2D eigenvalue weighted by molar-refractivity contribution is 0.155. The molecule has 0 bridgehead atoms. The molecule has 1 amide bonds. The quantitative estimate of drug-likeness (QED) is 0.857. The highest BCUT2D eigenvalue weighted by atomic mass is 16.5. The van der Waals surface area contributed by atoms with Crippen LogP contribution in [0.5, 0.6) is 5.75 Å². The van der Waals surface area contributed by atoms with Gasteiger partial charge in [0.05, 0.1) is 6.61 Å². The van der Waals surface area contributed by atoms with Crippen LogP contribution in [0.4, 0.5) is 10.5 Å². The van der Waals surface area contributed by atoms with Gasteiger partial charge in [-0.25, -0.2) is 4.79 Å². The number of benzene rings is 2. The van der Waals surface area contributed by atoms with Crippen molar-refractivity contribution in [1.29, 1.82) is 0 Å². The molecule has 0 aliphatic carbocycles. The molecule has 2 aromatic rings. The number of anilines is 1. The number of carbonyl (C=O) groups is 1. The number of carbonyl (C=O) groups excluding carboxylic acids is 1. The van der Waals surface area contributed by atoms with Gasteiger partial charge in [0.2, 0.25) is 0 Å². The molecule has 110 valence electrons. The van der Waals surface area contributed by atoms with Gasteiger partial charge in [-0.05, 0) is 29.8 Å². The van der Waals surface area contributed by atoms with Crippen LogP contribution in [0.25, 0.3) is 0 Å². The van der Waals surface area contributed by atoms with Crippen LogP contribution in [0, 0.1) is 0 Å². The number of aliphatic hydroxyl groups is 1. The summed E-state index contributed by atoms with van der Waals surface area (Å²) in [6, 6.07) is 16.3. The van der Waals surface area contributed by atoms with Crippen molar-refractivity contribution in [2.24, 2.45) is 0 Å². The molecule has 0 spiro atoms. The highest BCUT2D eigenvalue weighted by Crippen LogP contribution is 2.15. The summed E-state index contributed by atoms with van der Waals surface area (Å²) in [6.07, 6.45) is -0.511. The number of aliphatic hydroxyl groups excluding tert-OH is 1. The van der Waals surface area contributed by atoms with E-state index in [4.69, 9.17) is 14.6 Å². The highest BCUT2D eigenvalue weighted by Gasteiger charge is 2.04. The summed E-state index contributed by atoms with van der Waals surface area (Å²) in [7, 11) is 0. The van der Waals surface area contributed by atoms with Gasteiger partial charge in [-0.3, -0.25) is 5.32 Å². The topological polar surface area (TPSA) is 67.8 Å². The minimum Gasteiger partial charge on any atom is -0.491 e. The second-order valence-electron chi connectivity index (χ2n) is 4.28. The van der Waals surface area contributed by atoms with Crippen LogP contribution in [-0.4, -0.2) is 24.4 Å². The standard InChI is InChI=1S/C16H17NO4/c18-10-11-20-15-8-6-14(7-9-15)17-16(19)21-12-13-4-2-1-3-5-13/h1-9,18H,10-12H2,(H,17,19). The third kappa shape index (κ3) is 5.16. The zero-order valence-electron chi connectivity index (χ0n) is 11.5. The van der Waals surface area contributed by atoms with Crippen molar-refractivity contribution in [2.75, 3.05) is 18.5 Å². The molecule has 5 heteroatoms. The Morgan fingerprint density at radius 2 is 1.76 bits per heavy atom. The van der Waals surface area contributed by atoms with Crippen molar-refractivity contribution in [3.8, 4) is 5.75 Å². The fourth-order valence-electron chi connectivity index (χ4n) is 1.68. The minimum absolute atomic E-state index is 0.0359. The fourth-order valence-corrected chi connectivity index (χ4v) is 1.68. The Morgan fingerprint density at radius 1 is 1.05 bits per heavy atom. The molecule has 0 atom stereocenters. The molecule has 0 aromatic heterocycles. The number of nitrogens with one attached hydrogen (secondary N) is 1. The molecule has 2 aromatic carbocycles. The molecule has 5 nitrogen and oxygen atoms in total. The molecule has 0 saturated carbocycles. The van der Waals surface area contributed by atoms with E-state index < -0.39 is 6.09 Å². The van der Waals surface area contributed by atoms with Crippen molar-refractivity contribution in [2.45, 2.75) is 6.61 Å². The Hall–Kier alpha value is -2.53. The number of hydrogen-bond donors (Lipinski definition) is 2. The number of rotatable bonds is 6. The summed E-state index contributed by atoms with van der Waals surface area (Å²) >= 11 is 0. The smallest absolute Gasteiger partial charge is 0.411 e. The molecule has 2 N–H and O–H groups in total. The number of amides is 1. The third-order valence-electron chi connectivity index (χ3n) is 2.67. The van der Waals surface area contributed by atoms with E-state index in [0.717, 1.165) is 5.56 Å². The summed E-state index contributed by atoms with van der Waals surface area (Å²) in [4.78, 5) is 11.6. The Balaban J connectivity index is 1.79. The van der Waals surface area contributed by atoms with Crippen molar-refractivity contribution in [1.82, 2.24) is 0 Å². The summed E-state index contributed by atoms with van der Waals surface area (Å²) < 4.78 is 10.3. The first-order chi connectivity index (χ1) is 10.3. The van der Waals surface area contributed by atoms with Crippen LogP contribution in [0.15, 0.2) is 54.6 Å². The molecule has 2 rings (SSSR count). The van der Waals surface area contributed by atoms with Crippen LogP contribution < -0.4 is 10.1 Å². The van der Waals surface area contributed by atoms with Gasteiger partial charge in [-0.15, -0.1) is 0 Å². The monoisotopic (exact) mass is 287 g/mol. The zero-order valence-corrected chi connectivity index (χ0v) is 11.5. The summed E-state index contributed by atoms with van der Waals surface area (Å²) in [5.74, 6) is 0.632. The second kappa shape index (κ2) is 7.91. The Labute approximate surface area is 123 Å². The SMILES string of the molecule is O=C(Nc1ccc(OCCO)cc1)OCc1ccccc1. The van der Waals surface area contributed by atoms with E-state index in [9.17, 15) is 4.79 Å². The largest absolute Gasteiger partial charge is 0.491 e. The Kier molecular flexibility index (Phi) is 5.60. The van der Waals surface area contributed by atoms with Gasteiger partial charge >= 0.3 is 6.09 Å². The molecular weight excluding hydrogens is 270 g/mol. The van der Waals surface area contributed by atoms with Crippen LogP contribution in [-0.2, 0) is 11.3 Å². The van der Waals surface area contributed by atoms with E-state index in [1.54, 1.807) is 24.3 Å². The van der Waals surface area contributed by atoms with E-state index in [1.807, 2.05) is 30.3 Å². The second-order valence-corrected chi connectivity index (χ2v) is 4.28. The van der Waals surface area contributed by atoms with Crippen molar-refractivity contribution in [3.05, 3.63) is 60.2 Å². The third-order valence-corrected chi connectivity index (χ3v) is 2.67. The average molecular weight is 287 g/mol. The minimum atomic E-state index is -0.511. The van der Waals surface area contributed by atoms with Gasteiger partial charge in [0.1, 0.15) is 19.0 Å². The highest BCUT2D eigenvalue weighted by molar-refractivity contribution is 5.84. The van der Waals surface area contributed by atoms with E-state index in [0.29, 0.717) is 11.4 Å². The molecule has 0 aliphatic rings. The van der Waals surface area contributed by atoms with Crippen LogP contribution in [0.3, 0.4) is 0 Å². The predicted molar refractivity (Wildman–Crippen MR) is 79.3 cm³/mol. The Morgan fingerprint density at radius 3 is 2.43 bits per heavy atom. The van der Waals surface area contributed by atoms with Gasteiger partial charge in [0, 0.05) is 5.69 Å². The molecule has 21 heavy (non-hydrogen) atoms. The molecule has 0 heterocycles. The molecular formula is C16H17NO4. The molecule has 0 radical (unpaired) electrons. The lowest BCUT2D eigenvalue weighted by atomic mass is 10.2. The maximum absolute atomic E-state index is 11.6. The first kappa shape index (κ1) is 14.9. The molecule has 0 saturated heterocycles. The van der Waals surface area contributed by atoms with Gasteiger partial charge < -0.3 is 14.6 Å². The summed E-state index contributed by atoms with van der Waals surface area (Å²) in [6.45, 7) is 0.433. The fraction of sp³-hybridized carbons (Fsp3) is 0.188. The maximum Gasteiger partial charge on any atom is 0.411 e. The zero-order chi connectivity index (χ0) is 14.9. The van der Waals surface area contributed by atoms with Crippen molar-refractivity contribution < 1.29 is 19.4 Å². The van der Waals surface area contributed by atoms with Crippen molar-refractivity contribution >= 4 is 11.8 Å². The lowest BCUT2D eigenvalue weighted by Crippen LogP contribution is -2.13. The van der Waals surface area contributed by atoms with Gasteiger partial charge in [0.15, 0.2) is 0 Å². The predicted octanol–water partition coefficient (Wildman–Crippen LogP) is 2.81. The van der Waals surface area contributed by atoms with E-state index in [-0.39, 0.29) is 19.8 Å². The van der Waals surface area contributed by atoms with Crippen molar-refractivity contribution in [3.63, 3.8) is 0 Å². The van der Waals surface area contributed by atoms with Crippen LogP contribution in [0.1, 0.15) is 5.56 Å². The number of hydrogen-bond acceptors (Lipinski definition) is 4. The number of ether oxygens (including phenoxy) is 2. The van der Waals surface area contributed by atoms with Gasteiger partial charge in [0.25, 0.3) is 0 Å². The van der Waals surface area contributed by atoms with Crippen LogP contribution >= 0.6 is 0 Å². The summed E-state index contributed by atoms with van der Waals surface area (Å²) in [5, 5.41) is 11.3. The Bertz CT molecular complexity index is 554. The normalized spacial score (nSPS) is 9.95. The van der Waals surface area contributed by atoms with E-state index in [2.05, 4.69) is 5.32 Å². The molecule has 0 aliphatic heterocycles. The maximum atomic E-state index is 11.6. The van der Waals surface area contributed by atoms with E-state index >= 15 is 0 Å². The first-order valence-electron chi connectivity index (χ1n) is 6.59. The lowest BCUT2D eigenvalue weighted by Gasteiger charge is -2.08. The average Bonchev–Trinajstić information content (AvgIpc) is 2.53. The molecule has 0 unspecified atom stereocenters. The molecule has 0 fully saturated rings. The van der Waals surface area contributed by atoms with Crippen LogP contribution in [0.2, 0.25) is 0 Å².